The fourth-order valence-electron chi connectivity index (χ4n) is 3.15. The van der Waals surface area contributed by atoms with Gasteiger partial charge >= 0.3 is 0 Å². The minimum absolute atomic E-state index is 0.345. The van der Waals surface area contributed by atoms with Gasteiger partial charge in [-0.25, -0.2) is 17.9 Å². The first kappa shape index (κ1) is 17.7. The molecule has 1 aromatic carbocycles. The van der Waals surface area contributed by atoms with Gasteiger partial charge < -0.3 is 10.1 Å². The van der Waals surface area contributed by atoms with Gasteiger partial charge in [0.25, 0.3) is 0 Å². The van der Waals surface area contributed by atoms with Gasteiger partial charge in [0, 0.05) is 30.5 Å². The van der Waals surface area contributed by atoms with E-state index in [-0.39, 0.29) is 0 Å². The molecular formula is C18H21N5O3S. The van der Waals surface area contributed by atoms with E-state index in [1.807, 2.05) is 18.2 Å². The third-order valence-corrected chi connectivity index (χ3v) is 5.00. The molecule has 0 saturated carbocycles. The van der Waals surface area contributed by atoms with E-state index in [0.29, 0.717) is 11.7 Å². The fraction of sp³-hybridized carbons (Fsp3) is 0.333. The highest BCUT2D eigenvalue weighted by molar-refractivity contribution is 7.92. The summed E-state index contributed by atoms with van der Waals surface area (Å²) in [4.78, 5) is 4.40. The fourth-order valence-corrected chi connectivity index (χ4v) is 3.71. The van der Waals surface area contributed by atoms with Crippen LogP contribution < -0.4 is 10.0 Å². The summed E-state index contributed by atoms with van der Waals surface area (Å²) >= 11 is 0. The van der Waals surface area contributed by atoms with E-state index in [1.165, 1.54) is 0 Å². The molecule has 1 fully saturated rings. The Bertz CT molecular complexity index is 1060. The Balaban J connectivity index is 1.65. The van der Waals surface area contributed by atoms with Crippen LogP contribution in [0.3, 0.4) is 0 Å². The van der Waals surface area contributed by atoms with E-state index >= 15 is 0 Å². The molecule has 3 aromatic rings. The summed E-state index contributed by atoms with van der Waals surface area (Å²) in [6.45, 7) is 1.52. The first-order valence-electron chi connectivity index (χ1n) is 8.75. The molecule has 2 aromatic heterocycles. The minimum Gasteiger partial charge on any atom is -0.381 e. The van der Waals surface area contributed by atoms with E-state index < -0.39 is 10.0 Å². The lowest BCUT2D eigenvalue weighted by atomic mass is 10.1. The highest BCUT2D eigenvalue weighted by atomic mass is 32.2. The average molecular weight is 387 g/mol. The molecule has 2 N–H and O–H groups in total. The van der Waals surface area contributed by atoms with Crippen LogP contribution in [0.15, 0.2) is 42.6 Å². The Morgan fingerprint density at radius 2 is 2.00 bits per heavy atom. The first-order chi connectivity index (χ1) is 13.0. The maximum atomic E-state index is 11.5. The van der Waals surface area contributed by atoms with Gasteiger partial charge in [-0.1, -0.05) is 12.1 Å². The number of sulfonamides is 1. The molecule has 0 unspecified atom stereocenters. The molecule has 0 aliphatic carbocycles. The van der Waals surface area contributed by atoms with E-state index in [0.717, 1.165) is 55.0 Å². The molecule has 1 aliphatic heterocycles. The second-order valence-electron chi connectivity index (χ2n) is 6.62. The van der Waals surface area contributed by atoms with Crippen LogP contribution in [0.5, 0.6) is 0 Å². The van der Waals surface area contributed by atoms with E-state index in [2.05, 4.69) is 20.1 Å². The van der Waals surface area contributed by atoms with Crippen molar-refractivity contribution >= 4 is 27.2 Å². The number of anilines is 2. The highest BCUT2D eigenvalue weighted by Crippen LogP contribution is 2.24. The van der Waals surface area contributed by atoms with Gasteiger partial charge in [-0.2, -0.15) is 0 Å². The lowest BCUT2D eigenvalue weighted by Gasteiger charge is -2.23. The number of ether oxygens (including phenoxy) is 1. The van der Waals surface area contributed by atoms with Gasteiger partial charge in [0.15, 0.2) is 5.65 Å². The molecule has 3 heterocycles. The van der Waals surface area contributed by atoms with Crippen LogP contribution in [0.4, 0.5) is 11.5 Å². The Kier molecular flexibility index (Phi) is 4.71. The molecule has 0 amide bonds. The van der Waals surface area contributed by atoms with Crippen molar-refractivity contribution in [2.75, 3.05) is 29.5 Å². The number of benzene rings is 1. The molecule has 0 atom stereocenters. The van der Waals surface area contributed by atoms with Crippen LogP contribution in [0.2, 0.25) is 0 Å². The van der Waals surface area contributed by atoms with Crippen LogP contribution in [0, 0.1) is 0 Å². The molecule has 0 spiro atoms. The normalized spacial score (nSPS) is 15.7. The number of nitrogens with zero attached hydrogens (tertiary/aromatic N) is 3. The summed E-state index contributed by atoms with van der Waals surface area (Å²) in [6.07, 6.45) is 4.77. The summed E-state index contributed by atoms with van der Waals surface area (Å²) in [5.41, 5.74) is 2.84. The summed E-state index contributed by atoms with van der Waals surface area (Å²) in [7, 11) is -3.34. The molecule has 9 heteroatoms. The zero-order chi connectivity index (χ0) is 18.9. The molecular weight excluding hydrogens is 366 g/mol. The van der Waals surface area contributed by atoms with E-state index in [1.54, 1.807) is 28.9 Å². The van der Waals surface area contributed by atoms with Gasteiger partial charge in [-0.15, -0.1) is 5.10 Å². The number of fused-ring (bicyclic) bond motifs is 1. The lowest BCUT2D eigenvalue weighted by molar-refractivity contribution is 0.0903. The van der Waals surface area contributed by atoms with Gasteiger partial charge in [-0.3, -0.25) is 4.72 Å². The van der Waals surface area contributed by atoms with E-state index in [9.17, 15) is 8.42 Å². The predicted molar refractivity (Wildman–Crippen MR) is 104 cm³/mol. The SMILES string of the molecule is CS(=O)(=O)Nc1cccc(-c2cnc3ccc(NC4CCOCC4)nn23)c1. The molecule has 1 aliphatic rings. The topological polar surface area (TPSA) is 97.6 Å². The zero-order valence-electron chi connectivity index (χ0n) is 14.9. The first-order valence-corrected chi connectivity index (χ1v) is 10.6. The van der Waals surface area contributed by atoms with Crippen LogP contribution in [0.1, 0.15) is 12.8 Å². The second kappa shape index (κ2) is 7.16. The van der Waals surface area contributed by atoms with Crippen molar-refractivity contribution in [2.45, 2.75) is 18.9 Å². The standard InChI is InChI=1S/C18H21N5O3S/c1-27(24,25)22-15-4-2-3-13(11-15)16-12-19-18-6-5-17(21-23(16)18)20-14-7-9-26-10-8-14/h2-6,11-12,14,22H,7-10H2,1H3,(H,20,21). The highest BCUT2D eigenvalue weighted by Gasteiger charge is 2.15. The van der Waals surface area contributed by atoms with Gasteiger partial charge in [0.1, 0.15) is 5.82 Å². The molecule has 0 bridgehead atoms. The Labute approximate surface area is 157 Å². The van der Waals surface area contributed by atoms with Crippen molar-refractivity contribution in [3.63, 3.8) is 0 Å². The smallest absolute Gasteiger partial charge is 0.229 e. The molecule has 8 nitrogen and oxygen atoms in total. The molecule has 4 rings (SSSR count). The summed E-state index contributed by atoms with van der Waals surface area (Å²) in [5.74, 6) is 0.777. The number of hydrogen-bond donors (Lipinski definition) is 2. The van der Waals surface area contributed by atoms with Crippen molar-refractivity contribution in [2.24, 2.45) is 0 Å². The van der Waals surface area contributed by atoms with Gasteiger partial charge in [-0.05, 0) is 37.1 Å². The quantitative estimate of drug-likeness (QED) is 0.697. The van der Waals surface area contributed by atoms with Crippen LogP contribution in [0.25, 0.3) is 16.9 Å². The summed E-state index contributed by atoms with van der Waals surface area (Å²) < 4.78 is 32.6. The van der Waals surface area contributed by atoms with Crippen molar-refractivity contribution in [1.82, 2.24) is 14.6 Å². The zero-order valence-corrected chi connectivity index (χ0v) is 15.7. The summed E-state index contributed by atoms with van der Waals surface area (Å²) in [5, 5.41) is 8.13. The van der Waals surface area contributed by atoms with Gasteiger partial charge in [0.2, 0.25) is 10.0 Å². The maximum absolute atomic E-state index is 11.5. The third-order valence-electron chi connectivity index (χ3n) is 4.40. The van der Waals surface area contributed by atoms with Crippen molar-refractivity contribution in [1.29, 1.82) is 0 Å². The molecule has 27 heavy (non-hydrogen) atoms. The largest absolute Gasteiger partial charge is 0.381 e. The average Bonchev–Trinajstić information content (AvgIpc) is 3.05. The maximum Gasteiger partial charge on any atom is 0.229 e. The number of aromatic nitrogens is 3. The number of hydrogen-bond acceptors (Lipinski definition) is 6. The number of rotatable bonds is 5. The van der Waals surface area contributed by atoms with Crippen molar-refractivity contribution < 1.29 is 13.2 Å². The lowest BCUT2D eigenvalue weighted by Crippen LogP contribution is -2.28. The molecule has 0 radical (unpaired) electrons. The number of nitrogens with one attached hydrogen (secondary N) is 2. The Morgan fingerprint density at radius 3 is 2.78 bits per heavy atom. The Morgan fingerprint density at radius 1 is 1.19 bits per heavy atom. The predicted octanol–water partition coefficient (Wildman–Crippen LogP) is 2.36. The number of imidazole rings is 1. The summed E-state index contributed by atoms with van der Waals surface area (Å²) in [6, 6.07) is 11.4. The van der Waals surface area contributed by atoms with Crippen LogP contribution in [-0.4, -0.2) is 48.5 Å². The minimum atomic E-state index is -3.34. The third kappa shape index (κ3) is 4.20. The monoisotopic (exact) mass is 387 g/mol. The molecule has 1 saturated heterocycles. The van der Waals surface area contributed by atoms with Crippen LogP contribution in [-0.2, 0) is 14.8 Å². The molecule has 142 valence electrons. The van der Waals surface area contributed by atoms with Gasteiger partial charge in [0.05, 0.1) is 18.1 Å². The van der Waals surface area contributed by atoms with Crippen molar-refractivity contribution in [3.05, 3.63) is 42.6 Å². The van der Waals surface area contributed by atoms with E-state index in [4.69, 9.17) is 4.74 Å². The Hall–Kier alpha value is -2.65. The van der Waals surface area contributed by atoms with Crippen LogP contribution >= 0.6 is 0 Å². The van der Waals surface area contributed by atoms with Crippen molar-refractivity contribution in [3.8, 4) is 11.3 Å². The second-order valence-corrected chi connectivity index (χ2v) is 8.37.